The van der Waals surface area contributed by atoms with E-state index in [-0.39, 0.29) is 11.3 Å². The van der Waals surface area contributed by atoms with Crippen LogP contribution < -0.4 is 10.2 Å². The highest BCUT2D eigenvalue weighted by Crippen LogP contribution is 2.37. The third-order valence-corrected chi connectivity index (χ3v) is 3.27. The average Bonchev–Trinajstić information content (AvgIpc) is 2.62. The Morgan fingerprint density at radius 3 is 2.60 bits per heavy atom. The van der Waals surface area contributed by atoms with Gasteiger partial charge in [-0.1, -0.05) is 30.3 Å². The number of rotatable bonds is 6. The van der Waals surface area contributed by atoms with E-state index in [1.807, 2.05) is 0 Å². The van der Waals surface area contributed by atoms with Crippen LogP contribution in [0.4, 0.5) is 5.69 Å². The number of aromatic hydroxyl groups is 1. The zero-order valence-corrected chi connectivity index (χ0v) is 13.1. The summed E-state index contributed by atoms with van der Waals surface area (Å²) in [5.74, 6) is -1.50. The van der Waals surface area contributed by atoms with Gasteiger partial charge in [-0.05, 0) is 17.7 Å². The fourth-order valence-corrected chi connectivity index (χ4v) is 2.08. The van der Waals surface area contributed by atoms with Crippen molar-refractivity contribution in [1.29, 1.82) is 0 Å². The van der Waals surface area contributed by atoms with Crippen molar-refractivity contribution in [3.63, 3.8) is 0 Å². The first-order valence-corrected chi connectivity index (χ1v) is 7.06. The summed E-state index contributed by atoms with van der Waals surface area (Å²) < 4.78 is 4.82. The highest BCUT2D eigenvalue weighted by molar-refractivity contribution is 5.89. The Hall–Kier alpha value is -3.46. The standard InChI is InChI=1S/C16H15N3O6/c1-25-15-12(20)8-7-11(13(15)19(23)24)9-17-18-16(22)14(21)10-5-3-2-4-6-10/h2-9,14,20-21H,1H3,(H,18,22)/b17-9-/t14-/m1/s1. The first kappa shape index (κ1) is 17.9. The number of aliphatic hydroxyl groups is 1. The van der Waals surface area contributed by atoms with Gasteiger partial charge in [-0.25, -0.2) is 5.43 Å². The number of nitrogens with one attached hydrogen (secondary N) is 1. The molecule has 0 saturated heterocycles. The van der Waals surface area contributed by atoms with Crippen LogP contribution in [0.1, 0.15) is 17.2 Å². The molecule has 25 heavy (non-hydrogen) atoms. The number of hydrogen-bond acceptors (Lipinski definition) is 7. The van der Waals surface area contributed by atoms with Gasteiger partial charge in [-0.2, -0.15) is 5.10 Å². The summed E-state index contributed by atoms with van der Waals surface area (Å²) in [6.45, 7) is 0. The van der Waals surface area contributed by atoms with Gasteiger partial charge in [0.2, 0.25) is 5.75 Å². The van der Waals surface area contributed by atoms with Crippen LogP contribution in [0.3, 0.4) is 0 Å². The summed E-state index contributed by atoms with van der Waals surface area (Å²) >= 11 is 0. The number of amides is 1. The zero-order chi connectivity index (χ0) is 18.4. The van der Waals surface area contributed by atoms with Crippen LogP contribution in [0.25, 0.3) is 0 Å². The van der Waals surface area contributed by atoms with Crippen molar-refractivity contribution in [2.75, 3.05) is 7.11 Å². The molecule has 0 aliphatic rings. The third kappa shape index (κ3) is 4.09. The van der Waals surface area contributed by atoms with Gasteiger partial charge in [0.1, 0.15) is 0 Å². The number of carbonyl (C=O) groups is 1. The molecule has 1 amide bonds. The molecular formula is C16H15N3O6. The molecule has 0 radical (unpaired) electrons. The molecule has 2 rings (SSSR count). The Labute approximate surface area is 142 Å². The minimum Gasteiger partial charge on any atom is -0.504 e. The molecular weight excluding hydrogens is 330 g/mol. The van der Waals surface area contributed by atoms with E-state index in [4.69, 9.17) is 4.74 Å². The quantitative estimate of drug-likeness (QED) is 0.412. The van der Waals surface area contributed by atoms with Crippen molar-refractivity contribution >= 4 is 17.8 Å². The summed E-state index contributed by atoms with van der Waals surface area (Å²) in [4.78, 5) is 22.3. The lowest BCUT2D eigenvalue weighted by molar-refractivity contribution is -0.386. The first-order chi connectivity index (χ1) is 12.0. The van der Waals surface area contributed by atoms with E-state index in [1.165, 1.54) is 19.2 Å². The van der Waals surface area contributed by atoms with Gasteiger partial charge < -0.3 is 14.9 Å². The molecule has 1 atom stereocenters. The van der Waals surface area contributed by atoms with Gasteiger partial charge >= 0.3 is 5.69 Å². The predicted molar refractivity (Wildman–Crippen MR) is 88.5 cm³/mol. The molecule has 130 valence electrons. The normalized spacial score (nSPS) is 11.9. The lowest BCUT2D eigenvalue weighted by atomic mass is 10.1. The minimum atomic E-state index is -1.43. The van der Waals surface area contributed by atoms with Gasteiger partial charge in [0.15, 0.2) is 11.9 Å². The number of ether oxygens (including phenoxy) is 1. The molecule has 3 N–H and O–H groups in total. The molecule has 0 aromatic heterocycles. The summed E-state index contributed by atoms with van der Waals surface area (Å²) in [5, 5.41) is 34.3. The maximum Gasteiger partial charge on any atom is 0.323 e. The number of carbonyl (C=O) groups excluding carboxylic acids is 1. The first-order valence-electron chi connectivity index (χ1n) is 7.06. The smallest absolute Gasteiger partial charge is 0.323 e. The summed E-state index contributed by atoms with van der Waals surface area (Å²) in [7, 11) is 1.18. The molecule has 0 fully saturated rings. The van der Waals surface area contributed by atoms with Crippen LogP contribution in [0, 0.1) is 10.1 Å². The van der Waals surface area contributed by atoms with E-state index in [1.54, 1.807) is 30.3 Å². The van der Waals surface area contributed by atoms with Crippen LogP contribution >= 0.6 is 0 Å². The van der Waals surface area contributed by atoms with Crippen LogP contribution in [-0.4, -0.2) is 34.4 Å². The highest BCUT2D eigenvalue weighted by Gasteiger charge is 2.23. The van der Waals surface area contributed by atoms with Gasteiger partial charge in [-0.3, -0.25) is 14.9 Å². The summed E-state index contributed by atoms with van der Waals surface area (Å²) in [6.07, 6.45) is -0.405. The molecule has 0 spiro atoms. The SMILES string of the molecule is COc1c(O)ccc(/C=N\NC(=O)[C@H](O)c2ccccc2)c1[N+](=O)[O-]. The fraction of sp³-hybridized carbons (Fsp3) is 0.125. The molecule has 0 unspecified atom stereocenters. The fourth-order valence-electron chi connectivity index (χ4n) is 2.08. The number of nitrogens with zero attached hydrogens (tertiary/aromatic N) is 2. The second-order valence-electron chi connectivity index (χ2n) is 4.86. The van der Waals surface area contributed by atoms with Gasteiger partial charge in [0.05, 0.1) is 23.8 Å². The van der Waals surface area contributed by atoms with Crippen molar-refractivity contribution in [2.24, 2.45) is 5.10 Å². The zero-order valence-electron chi connectivity index (χ0n) is 13.1. The summed E-state index contributed by atoms with van der Waals surface area (Å²) in [6, 6.07) is 10.7. The maximum atomic E-state index is 11.9. The van der Waals surface area contributed by atoms with Crippen molar-refractivity contribution in [2.45, 2.75) is 6.10 Å². The third-order valence-electron chi connectivity index (χ3n) is 3.27. The lowest BCUT2D eigenvalue weighted by Gasteiger charge is -2.09. The van der Waals surface area contributed by atoms with Crippen molar-refractivity contribution < 1.29 is 24.7 Å². The highest BCUT2D eigenvalue weighted by atomic mass is 16.6. The van der Waals surface area contributed by atoms with Crippen LogP contribution in [0.15, 0.2) is 47.6 Å². The van der Waals surface area contributed by atoms with E-state index in [2.05, 4.69) is 10.5 Å². The van der Waals surface area contributed by atoms with Gasteiger partial charge in [0, 0.05) is 0 Å². The lowest BCUT2D eigenvalue weighted by Crippen LogP contribution is -2.25. The molecule has 9 nitrogen and oxygen atoms in total. The number of benzene rings is 2. The second-order valence-corrected chi connectivity index (χ2v) is 4.86. The van der Waals surface area contributed by atoms with E-state index >= 15 is 0 Å². The number of aliphatic hydroxyl groups excluding tert-OH is 1. The van der Waals surface area contributed by atoms with Crippen LogP contribution in [0.5, 0.6) is 11.5 Å². The summed E-state index contributed by atoms with van der Waals surface area (Å²) in [5.41, 5.74) is 2.00. The molecule has 0 aliphatic carbocycles. The number of nitro benzene ring substituents is 1. The Balaban J connectivity index is 2.17. The average molecular weight is 345 g/mol. The predicted octanol–water partition coefficient (Wildman–Crippen LogP) is 1.49. The van der Waals surface area contributed by atoms with Crippen LogP contribution in [0.2, 0.25) is 0 Å². The number of phenols is 1. The maximum absolute atomic E-state index is 11.9. The van der Waals surface area contributed by atoms with Gasteiger partial charge in [-0.15, -0.1) is 0 Å². The van der Waals surface area contributed by atoms with E-state index < -0.39 is 28.4 Å². The van der Waals surface area contributed by atoms with E-state index in [0.29, 0.717) is 5.56 Å². The molecule has 0 heterocycles. The minimum absolute atomic E-state index is 0.00847. The Morgan fingerprint density at radius 2 is 2.00 bits per heavy atom. The molecule has 0 bridgehead atoms. The second kappa shape index (κ2) is 7.88. The monoisotopic (exact) mass is 345 g/mol. The topological polar surface area (TPSA) is 134 Å². The van der Waals surface area contributed by atoms with Crippen molar-refractivity contribution in [3.8, 4) is 11.5 Å². The Morgan fingerprint density at radius 1 is 1.32 bits per heavy atom. The number of methoxy groups -OCH3 is 1. The largest absolute Gasteiger partial charge is 0.504 e. The van der Waals surface area contributed by atoms with E-state index in [0.717, 1.165) is 6.21 Å². The van der Waals surface area contributed by atoms with Crippen LogP contribution in [-0.2, 0) is 4.79 Å². The Bertz CT molecular complexity index is 807. The molecule has 2 aromatic carbocycles. The molecule has 0 saturated carbocycles. The Kier molecular flexibility index (Phi) is 5.64. The van der Waals surface area contributed by atoms with E-state index in [9.17, 15) is 25.1 Å². The molecule has 0 aliphatic heterocycles. The van der Waals surface area contributed by atoms with Crippen molar-refractivity contribution in [3.05, 3.63) is 63.7 Å². The molecule has 2 aromatic rings. The molecule has 9 heteroatoms. The number of hydrogen-bond donors (Lipinski definition) is 3. The number of phenolic OH excluding ortho intramolecular Hbond substituents is 1. The van der Waals surface area contributed by atoms with Gasteiger partial charge in [0.25, 0.3) is 5.91 Å². The number of hydrazone groups is 1. The van der Waals surface area contributed by atoms with Crippen molar-refractivity contribution in [1.82, 2.24) is 5.43 Å². The number of nitro groups is 1.